The Labute approximate surface area is 114 Å². The third kappa shape index (κ3) is 2.07. The molecule has 4 nitrogen and oxygen atoms in total. The first-order valence-electron chi connectivity index (χ1n) is 6.06. The van der Waals surface area contributed by atoms with Gasteiger partial charge in [0.15, 0.2) is 5.78 Å². The van der Waals surface area contributed by atoms with Crippen LogP contribution >= 0.6 is 0 Å². The monoisotopic (exact) mass is 274 g/mol. The summed E-state index contributed by atoms with van der Waals surface area (Å²) in [6, 6.07) is 8.04. The van der Waals surface area contributed by atoms with E-state index in [9.17, 15) is 19.4 Å². The molecule has 0 aromatic heterocycles. The topological polar surface area (TPSA) is 66.8 Å². The molecule has 2 N–H and O–H groups in total. The Morgan fingerprint density at radius 3 is 2.55 bits per heavy atom. The number of Topliss-reactive ketones (excluding diaryl/α,β-unsaturated/α-hetero) is 1. The van der Waals surface area contributed by atoms with Gasteiger partial charge in [-0.05, 0) is 17.7 Å². The maximum absolute atomic E-state index is 12.9. The smallest absolute Gasteiger partial charge is 0.174 e. The standard InChI is InChI=1S/C15H11FO4/c16-9-3-1-8(2-4-9)13-7-12(19)15-11(18)5-10(17)6-14(15)20-13/h1-6,13,17-18H,7H2/t13-/m0/s1. The number of carbonyl (C=O) groups excluding carboxylic acids is 1. The highest BCUT2D eigenvalue weighted by Gasteiger charge is 2.30. The lowest BCUT2D eigenvalue weighted by Gasteiger charge is -2.26. The average molecular weight is 274 g/mol. The predicted molar refractivity (Wildman–Crippen MR) is 68.5 cm³/mol. The first kappa shape index (κ1) is 12.5. The van der Waals surface area contributed by atoms with Gasteiger partial charge >= 0.3 is 0 Å². The number of ketones is 1. The molecule has 20 heavy (non-hydrogen) atoms. The van der Waals surface area contributed by atoms with Crippen molar-refractivity contribution in [3.8, 4) is 17.2 Å². The molecular weight excluding hydrogens is 263 g/mol. The summed E-state index contributed by atoms with van der Waals surface area (Å²) >= 11 is 0. The number of phenolic OH excluding ortho intramolecular Hbond substituents is 2. The van der Waals surface area contributed by atoms with Crippen LogP contribution in [0.3, 0.4) is 0 Å². The summed E-state index contributed by atoms with van der Waals surface area (Å²) in [6.45, 7) is 0. The molecule has 0 spiro atoms. The minimum absolute atomic E-state index is 0.0525. The minimum Gasteiger partial charge on any atom is -0.508 e. The Bertz CT molecular complexity index is 679. The van der Waals surface area contributed by atoms with E-state index in [1.165, 1.54) is 18.2 Å². The van der Waals surface area contributed by atoms with Gasteiger partial charge in [0.1, 0.15) is 34.7 Å². The van der Waals surface area contributed by atoms with Crippen molar-refractivity contribution < 1.29 is 24.1 Å². The van der Waals surface area contributed by atoms with Gasteiger partial charge in [-0.3, -0.25) is 4.79 Å². The summed E-state index contributed by atoms with van der Waals surface area (Å²) in [7, 11) is 0. The number of phenols is 2. The predicted octanol–water partition coefficient (Wildman–Crippen LogP) is 2.94. The lowest BCUT2D eigenvalue weighted by atomic mass is 9.95. The fourth-order valence-corrected chi connectivity index (χ4v) is 2.29. The van der Waals surface area contributed by atoms with Crippen LogP contribution in [0, 0.1) is 5.82 Å². The maximum atomic E-state index is 12.9. The summed E-state index contributed by atoms with van der Waals surface area (Å²) in [5, 5.41) is 19.1. The van der Waals surface area contributed by atoms with E-state index in [-0.39, 0.29) is 40.8 Å². The normalized spacial score (nSPS) is 17.4. The Morgan fingerprint density at radius 2 is 1.85 bits per heavy atom. The summed E-state index contributed by atoms with van der Waals surface area (Å²) in [4.78, 5) is 12.1. The van der Waals surface area contributed by atoms with Crippen molar-refractivity contribution in [3.05, 3.63) is 53.3 Å². The van der Waals surface area contributed by atoms with Crippen LogP contribution < -0.4 is 4.74 Å². The van der Waals surface area contributed by atoms with Crippen LogP contribution in [0.25, 0.3) is 0 Å². The number of aromatic hydroxyl groups is 2. The van der Waals surface area contributed by atoms with Gasteiger partial charge in [0.05, 0.1) is 6.42 Å². The Kier molecular flexibility index (Phi) is 2.82. The van der Waals surface area contributed by atoms with Crippen LogP contribution in [-0.2, 0) is 0 Å². The van der Waals surface area contributed by atoms with Gasteiger partial charge in [-0.2, -0.15) is 0 Å². The zero-order valence-electron chi connectivity index (χ0n) is 10.3. The highest BCUT2D eigenvalue weighted by molar-refractivity contribution is 6.02. The Morgan fingerprint density at radius 1 is 1.15 bits per heavy atom. The molecule has 0 aliphatic carbocycles. The molecule has 0 bridgehead atoms. The number of carbonyl (C=O) groups is 1. The van der Waals surface area contributed by atoms with E-state index in [0.717, 1.165) is 6.07 Å². The molecule has 3 rings (SSSR count). The second-order valence-corrected chi connectivity index (χ2v) is 4.62. The molecule has 2 aromatic rings. The lowest BCUT2D eigenvalue weighted by molar-refractivity contribution is 0.0845. The molecular formula is C15H11FO4. The minimum atomic E-state index is -0.559. The molecule has 0 unspecified atom stereocenters. The third-order valence-corrected chi connectivity index (χ3v) is 3.23. The van der Waals surface area contributed by atoms with Gasteiger partial charge < -0.3 is 14.9 Å². The summed E-state index contributed by atoms with van der Waals surface area (Å²) in [6.07, 6.45) is -0.506. The number of hydrogen-bond donors (Lipinski definition) is 2. The van der Waals surface area contributed by atoms with E-state index in [4.69, 9.17) is 4.74 Å². The highest BCUT2D eigenvalue weighted by atomic mass is 19.1. The van der Waals surface area contributed by atoms with Crippen molar-refractivity contribution in [3.63, 3.8) is 0 Å². The van der Waals surface area contributed by atoms with E-state index in [1.54, 1.807) is 12.1 Å². The Balaban J connectivity index is 2.00. The van der Waals surface area contributed by atoms with Crippen LogP contribution in [0.1, 0.15) is 28.4 Å². The van der Waals surface area contributed by atoms with Crippen LogP contribution in [-0.4, -0.2) is 16.0 Å². The van der Waals surface area contributed by atoms with Crippen molar-refractivity contribution in [2.45, 2.75) is 12.5 Å². The Hall–Kier alpha value is -2.56. The van der Waals surface area contributed by atoms with Gasteiger partial charge in [-0.15, -0.1) is 0 Å². The van der Waals surface area contributed by atoms with Crippen molar-refractivity contribution in [1.29, 1.82) is 0 Å². The molecule has 0 amide bonds. The van der Waals surface area contributed by atoms with Gasteiger partial charge in [-0.1, -0.05) is 12.1 Å². The number of ether oxygens (including phenoxy) is 1. The van der Waals surface area contributed by atoms with Gasteiger partial charge in [0, 0.05) is 12.1 Å². The van der Waals surface area contributed by atoms with Crippen molar-refractivity contribution in [1.82, 2.24) is 0 Å². The first-order chi connectivity index (χ1) is 9.54. The second-order valence-electron chi connectivity index (χ2n) is 4.62. The lowest BCUT2D eigenvalue weighted by Crippen LogP contribution is -2.20. The number of fused-ring (bicyclic) bond motifs is 1. The second kappa shape index (κ2) is 4.52. The molecule has 0 radical (unpaired) electrons. The zero-order valence-corrected chi connectivity index (χ0v) is 10.3. The van der Waals surface area contributed by atoms with E-state index >= 15 is 0 Å². The molecule has 0 saturated heterocycles. The molecule has 0 fully saturated rings. The fourth-order valence-electron chi connectivity index (χ4n) is 2.29. The SMILES string of the molecule is O=C1C[C@@H](c2ccc(F)cc2)Oc2cc(O)cc(O)c21. The van der Waals surface area contributed by atoms with E-state index in [1.807, 2.05) is 0 Å². The van der Waals surface area contributed by atoms with Gasteiger partial charge in [0.2, 0.25) is 0 Å². The summed E-state index contributed by atoms with van der Waals surface area (Å²) < 4.78 is 18.5. The fraction of sp³-hybridized carbons (Fsp3) is 0.133. The molecule has 102 valence electrons. The maximum Gasteiger partial charge on any atom is 0.174 e. The van der Waals surface area contributed by atoms with Crippen LogP contribution in [0.5, 0.6) is 17.2 Å². The molecule has 1 aliphatic heterocycles. The number of rotatable bonds is 1. The van der Waals surface area contributed by atoms with Crippen LogP contribution in [0.15, 0.2) is 36.4 Å². The van der Waals surface area contributed by atoms with Crippen molar-refractivity contribution >= 4 is 5.78 Å². The first-order valence-corrected chi connectivity index (χ1v) is 6.06. The van der Waals surface area contributed by atoms with E-state index < -0.39 is 6.10 Å². The van der Waals surface area contributed by atoms with E-state index in [0.29, 0.717) is 5.56 Å². The summed E-state index contributed by atoms with van der Waals surface area (Å²) in [5.74, 6) is -1.01. The number of benzene rings is 2. The summed E-state index contributed by atoms with van der Waals surface area (Å²) in [5.41, 5.74) is 0.731. The molecule has 2 aromatic carbocycles. The zero-order chi connectivity index (χ0) is 14.3. The molecule has 1 aliphatic rings. The number of halogens is 1. The molecule has 0 saturated carbocycles. The largest absolute Gasteiger partial charge is 0.508 e. The van der Waals surface area contributed by atoms with Crippen molar-refractivity contribution in [2.24, 2.45) is 0 Å². The highest BCUT2D eigenvalue weighted by Crippen LogP contribution is 2.41. The third-order valence-electron chi connectivity index (χ3n) is 3.23. The molecule has 1 heterocycles. The van der Waals surface area contributed by atoms with Gasteiger partial charge in [0.25, 0.3) is 0 Å². The van der Waals surface area contributed by atoms with Crippen LogP contribution in [0.2, 0.25) is 0 Å². The quantitative estimate of drug-likeness (QED) is 0.839. The van der Waals surface area contributed by atoms with E-state index in [2.05, 4.69) is 0 Å². The van der Waals surface area contributed by atoms with Gasteiger partial charge in [-0.25, -0.2) is 4.39 Å². The molecule has 5 heteroatoms. The average Bonchev–Trinajstić information content (AvgIpc) is 2.38. The molecule has 1 atom stereocenters. The van der Waals surface area contributed by atoms with Crippen LogP contribution in [0.4, 0.5) is 4.39 Å². The number of hydrogen-bond acceptors (Lipinski definition) is 4. The van der Waals surface area contributed by atoms with Crippen molar-refractivity contribution in [2.75, 3.05) is 0 Å².